The Bertz CT molecular complexity index is 1220. The van der Waals surface area contributed by atoms with Crippen LogP contribution in [0.15, 0.2) is 71.5 Å². The van der Waals surface area contributed by atoms with Crippen LogP contribution in [0.2, 0.25) is 10.0 Å². The van der Waals surface area contributed by atoms with Crippen LogP contribution in [0.4, 0.5) is 11.4 Å². The molecule has 0 fully saturated rings. The molecule has 7 nitrogen and oxygen atoms in total. The molecule has 0 aliphatic carbocycles. The molecule has 0 saturated heterocycles. The number of hydrogen-bond acceptors (Lipinski definition) is 5. The van der Waals surface area contributed by atoms with Crippen molar-refractivity contribution in [2.24, 2.45) is 0 Å². The number of furan rings is 1. The number of amides is 2. The molecular formula is C21H14Cl2N4O3. The molecule has 2 aromatic heterocycles. The Kier molecular flexibility index (Phi) is 5.56. The van der Waals surface area contributed by atoms with Crippen LogP contribution in [0, 0.1) is 0 Å². The second-order valence-electron chi connectivity index (χ2n) is 6.17. The van der Waals surface area contributed by atoms with Crippen LogP contribution in [-0.4, -0.2) is 16.8 Å². The number of hydrogen-bond donors (Lipinski definition) is 3. The van der Waals surface area contributed by atoms with E-state index in [9.17, 15) is 9.59 Å². The average molecular weight is 441 g/mol. The predicted molar refractivity (Wildman–Crippen MR) is 116 cm³/mol. The Morgan fingerprint density at radius 2 is 1.63 bits per heavy atom. The van der Waals surface area contributed by atoms with Gasteiger partial charge in [-0.15, -0.1) is 0 Å². The van der Waals surface area contributed by atoms with E-state index in [1.165, 1.54) is 6.26 Å². The molecule has 2 aromatic carbocycles. The first-order chi connectivity index (χ1) is 14.5. The van der Waals surface area contributed by atoms with Gasteiger partial charge < -0.3 is 9.73 Å². The van der Waals surface area contributed by atoms with Crippen molar-refractivity contribution in [3.63, 3.8) is 0 Å². The molecule has 0 saturated carbocycles. The second kappa shape index (κ2) is 8.44. The van der Waals surface area contributed by atoms with Crippen molar-refractivity contribution in [3.8, 4) is 0 Å². The van der Waals surface area contributed by atoms with Gasteiger partial charge in [0, 0.05) is 11.6 Å². The number of aromatic nitrogens is 1. The number of nitrogens with zero attached hydrogens (tertiary/aromatic N) is 1. The smallest absolute Gasteiger partial charge is 0.305 e. The number of halogens is 2. The summed E-state index contributed by atoms with van der Waals surface area (Å²) in [4.78, 5) is 29.2. The van der Waals surface area contributed by atoms with Gasteiger partial charge in [0.1, 0.15) is 0 Å². The minimum Gasteiger partial charge on any atom is -0.459 e. The Balaban J connectivity index is 1.60. The highest BCUT2D eigenvalue weighted by Gasteiger charge is 2.17. The third-order valence-electron chi connectivity index (χ3n) is 4.26. The summed E-state index contributed by atoms with van der Waals surface area (Å²) in [7, 11) is 0. The fourth-order valence-corrected chi connectivity index (χ4v) is 3.45. The van der Waals surface area contributed by atoms with Crippen molar-refractivity contribution in [1.82, 2.24) is 10.4 Å². The third kappa shape index (κ3) is 3.94. The molecule has 2 amide bonds. The Labute approximate surface area is 181 Å². The van der Waals surface area contributed by atoms with E-state index in [0.717, 1.165) is 0 Å². The van der Waals surface area contributed by atoms with Crippen LogP contribution in [0.3, 0.4) is 0 Å². The molecule has 3 N–H and O–H groups in total. The van der Waals surface area contributed by atoms with Crippen LogP contribution in [-0.2, 0) is 0 Å². The molecule has 0 unspecified atom stereocenters. The number of fused-ring (bicyclic) bond motifs is 1. The largest absolute Gasteiger partial charge is 0.459 e. The van der Waals surface area contributed by atoms with Crippen LogP contribution in [0.5, 0.6) is 0 Å². The Hall–Kier alpha value is -3.55. The molecule has 150 valence electrons. The maximum Gasteiger partial charge on any atom is 0.305 e. The summed E-state index contributed by atoms with van der Waals surface area (Å²) < 4.78 is 5.06. The normalized spacial score (nSPS) is 10.6. The lowest BCUT2D eigenvalue weighted by atomic mass is 10.1. The molecule has 0 atom stereocenters. The molecule has 0 radical (unpaired) electrons. The standard InChI is InChI=1S/C21H14Cl2N4O3/c22-13-5-2-6-14(23)18(13)21(29)25-16-7-1-4-12-15(9-10-24-19(12)16)26-27-20(28)17-8-3-11-30-17/h1-11H,(H,24,26)(H,25,29)(H,27,28). The molecular weight excluding hydrogens is 427 g/mol. The van der Waals surface area contributed by atoms with E-state index < -0.39 is 11.8 Å². The van der Waals surface area contributed by atoms with Crippen molar-refractivity contribution >= 4 is 57.3 Å². The topological polar surface area (TPSA) is 96.3 Å². The molecule has 0 aliphatic heterocycles. The molecule has 9 heteroatoms. The molecule has 0 spiro atoms. The van der Waals surface area contributed by atoms with E-state index in [4.69, 9.17) is 27.6 Å². The van der Waals surface area contributed by atoms with Crippen molar-refractivity contribution in [2.45, 2.75) is 0 Å². The quantitative estimate of drug-likeness (QED) is 0.373. The van der Waals surface area contributed by atoms with Crippen LogP contribution in [0.25, 0.3) is 10.9 Å². The summed E-state index contributed by atoms with van der Waals surface area (Å²) in [5, 5.41) is 3.97. The average Bonchev–Trinajstić information content (AvgIpc) is 3.27. The summed E-state index contributed by atoms with van der Waals surface area (Å²) >= 11 is 12.3. The maximum atomic E-state index is 12.7. The van der Waals surface area contributed by atoms with Gasteiger partial charge in [-0.05, 0) is 36.4 Å². The number of rotatable bonds is 5. The summed E-state index contributed by atoms with van der Waals surface area (Å²) in [6.07, 6.45) is 2.97. The van der Waals surface area contributed by atoms with Crippen molar-refractivity contribution in [3.05, 3.63) is 88.4 Å². The van der Waals surface area contributed by atoms with Crippen LogP contribution >= 0.6 is 23.2 Å². The van der Waals surface area contributed by atoms with E-state index in [-0.39, 0.29) is 21.4 Å². The van der Waals surface area contributed by atoms with E-state index in [1.54, 1.807) is 54.7 Å². The fourth-order valence-electron chi connectivity index (χ4n) is 2.88. The number of carbonyl (C=O) groups is 2. The zero-order chi connectivity index (χ0) is 21.1. The zero-order valence-electron chi connectivity index (χ0n) is 15.3. The number of carbonyl (C=O) groups excluding carboxylic acids is 2. The minimum atomic E-state index is -0.454. The van der Waals surface area contributed by atoms with Crippen molar-refractivity contribution in [2.75, 3.05) is 10.7 Å². The summed E-state index contributed by atoms with van der Waals surface area (Å²) in [5.74, 6) is -0.711. The van der Waals surface area contributed by atoms with Crippen LogP contribution in [0.1, 0.15) is 20.9 Å². The van der Waals surface area contributed by atoms with Gasteiger partial charge in [0.15, 0.2) is 5.76 Å². The summed E-state index contributed by atoms with van der Waals surface area (Å²) in [6, 6.07) is 15.0. The molecule has 4 rings (SSSR count). The van der Waals surface area contributed by atoms with Gasteiger partial charge in [0.25, 0.3) is 5.91 Å². The maximum absolute atomic E-state index is 12.7. The molecule has 0 aliphatic rings. The van der Waals surface area contributed by atoms with E-state index in [2.05, 4.69) is 21.2 Å². The van der Waals surface area contributed by atoms with Gasteiger partial charge >= 0.3 is 5.91 Å². The Morgan fingerprint density at radius 3 is 2.37 bits per heavy atom. The van der Waals surface area contributed by atoms with Gasteiger partial charge in [-0.1, -0.05) is 41.4 Å². The summed E-state index contributed by atoms with van der Waals surface area (Å²) in [6.45, 7) is 0. The van der Waals surface area contributed by atoms with Crippen molar-refractivity contribution < 1.29 is 14.0 Å². The first kappa shape index (κ1) is 19.8. The zero-order valence-corrected chi connectivity index (χ0v) is 16.8. The monoisotopic (exact) mass is 440 g/mol. The van der Waals surface area contributed by atoms with Gasteiger partial charge in [0.2, 0.25) is 0 Å². The third-order valence-corrected chi connectivity index (χ3v) is 4.89. The lowest BCUT2D eigenvalue weighted by molar-refractivity contribution is 0.0934. The van der Waals surface area contributed by atoms with Gasteiger partial charge in [-0.3, -0.25) is 25.4 Å². The lowest BCUT2D eigenvalue weighted by Crippen LogP contribution is -2.29. The van der Waals surface area contributed by atoms with Crippen LogP contribution < -0.4 is 16.2 Å². The molecule has 4 aromatic rings. The van der Waals surface area contributed by atoms with E-state index >= 15 is 0 Å². The highest BCUT2D eigenvalue weighted by molar-refractivity contribution is 6.40. The first-order valence-electron chi connectivity index (χ1n) is 8.77. The predicted octanol–water partition coefficient (Wildman–Crippen LogP) is 5.14. The number of nitrogens with one attached hydrogen (secondary N) is 3. The number of hydrazine groups is 1. The fraction of sp³-hybridized carbons (Fsp3) is 0. The van der Waals surface area contributed by atoms with E-state index in [1.807, 2.05) is 6.07 Å². The Morgan fingerprint density at radius 1 is 0.867 bits per heavy atom. The first-order valence-corrected chi connectivity index (χ1v) is 9.53. The SMILES string of the molecule is O=C(NNc1ccnc2c(NC(=O)c3c(Cl)cccc3Cl)cccc12)c1ccco1. The number of anilines is 2. The number of pyridine rings is 1. The molecule has 2 heterocycles. The highest BCUT2D eigenvalue weighted by Crippen LogP contribution is 2.29. The summed E-state index contributed by atoms with van der Waals surface area (Å²) in [5.41, 5.74) is 7.17. The van der Waals surface area contributed by atoms with E-state index in [0.29, 0.717) is 22.3 Å². The molecule has 30 heavy (non-hydrogen) atoms. The lowest BCUT2D eigenvalue weighted by Gasteiger charge is -2.13. The van der Waals surface area contributed by atoms with Gasteiger partial charge in [-0.25, -0.2) is 0 Å². The van der Waals surface area contributed by atoms with Crippen molar-refractivity contribution in [1.29, 1.82) is 0 Å². The second-order valence-corrected chi connectivity index (χ2v) is 6.98. The van der Waals surface area contributed by atoms with Gasteiger partial charge in [-0.2, -0.15) is 0 Å². The number of benzene rings is 2. The minimum absolute atomic E-state index is 0.172. The molecule has 0 bridgehead atoms. The number of para-hydroxylation sites is 1. The highest BCUT2D eigenvalue weighted by atomic mass is 35.5. The van der Waals surface area contributed by atoms with Gasteiger partial charge in [0.05, 0.1) is 38.8 Å².